The quantitative estimate of drug-likeness (QED) is 0.154. The minimum absolute atomic E-state index is 0.276. The van der Waals surface area contributed by atoms with Crippen molar-refractivity contribution in [1.82, 2.24) is 0 Å². The summed E-state index contributed by atoms with van der Waals surface area (Å²) in [5.41, 5.74) is 2.35. The van der Waals surface area contributed by atoms with Crippen molar-refractivity contribution in [2.45, 2.75) is 95.3 Å². The average molecular weight is 545 g/mol. The summed E-state index contributed by atoms with van der Waals surface area (Å²) in [7, 11) is 0. The highest BCUT2D eigenvalue weighted by Crippen LogP contribution is 2.43. The van der Waals surface area contributed by atoms with E-state index in [0.29, 0.717) is 13.2 Å². The molecule has 214 valence electrons. The van der Waals surface area contributed by atoms with Crippen molar-refractivity contribution in [3.05, 3.63) is 108 Å². The zero-order chi connectivity index (χ0) is 27.8. The molecule has 0 saturated carbocycles. The molecule has 40 heavy (non-hydrogen) atoms. The molecular weight excluding hydrogens is 500 g/mol. The molecule has 5 heteroatoms. The van der Waals surface area contributed by atoms with Gasteiger partial charge in [0, 0.05) is 6.61 Å². The Kier molecular flexibility index (Phi) is 9.72. The zero-order valence-electron chi connectivity index (χ0n) is 24.2. The molecule has 0 aliphatic carbocycles. The molecule has 3 aromatic rings. The fourth-order valence-electron chi connectivity index (χ4n) is 5.96. The first-order valence-electron chi connectivity index (χ1n) is 15.0. The molecule has 2 saturated heterocycles. The summed E-state index contributed by atoms with van der Waals surface area (Å²) in [6.45, 7) is 7.09. The van der Waals surface area contributed by atoms with Gasteiger partial charge in [-0.15, -0.1) is 0 Å². The van der Waals surface area contributed by atoms with Crippen molar-refractivity contribution in [2.24, 2.45) is 0 Å². The topological polar surface area (TPSA) is 46.2 Å². The smallest absolute Gasteiger partial charge is 0.190 e. The van der Waals surface area contributed by atoms with E-state index in [9.17, 15) is 0 Å². The summed E-state index contributed by atoms with van der Waals surface area (Å²) >= 11 is 0. The third kappa shape index (κ3) is 6.50. The molecular formula is C35H44O5. The van der Waals surface area contributed by atoms with Gasteiger partial charge in [0.1, 0.15) is 23.9 Å². The normalized spacial score (nSPS) is 23.8. The number of benzene rings is 3. The molecule has 0 aromatic heterocycles. The fourth-order valence-corrected chi connectivity index (χ4v) is 5.96. The number of ether oxygens (including phenoxy) is 5. The van der Waals surface area contributed by atoms with Crippen LogP contribution in [0.1, 0.15) is 76.0 Å². The van der Waals surface area contributed by atoms with Gasteiger partial charge in [0.05, 0.1) is 6.61 Å². The Hall–Kier alpha value is -2.54. The molecule has 0 unspecified atom stereocenters. The van der Waals surface area contributed by atoms with Gasteiger partial charge in [0.15, 0.2) is 12.1 Å². The van der Waals surface area contributed by atoms with E-state index in [0.717, 1.165) is 23.1 Å². The lowest BCUT2D eigenvalue weighted by atomic mass is 9.80. The second-order valence-corrected chi connectivity index (χ2v) is 11.3. The Morgan fingerprint density at radius 2 is 1.23 bits per heavy atom. The molecule has 5 rings (SSSR count). The van der Waals surface area contributed by atoms with E-state index in [1.807, 2.05) is 32.0 Å². The zero-order valence-corrected chi connectivity index (χ0v) is 24.2. The van der Waals surface area contributed by atoms with Gasteiger partial charge in [-0.3, -0.25) is 0 Å². The van der Waals surface area contributed by atoms with Crippen LogP contribution < -0.4 is 0 Å². The van der Waals surface area contributed by atoms with E-state index in [1.54, 1.807) is 0 Å². The molecule has 2 fully saturated rings. The second kappa shape index (κ2) is 13.4. The number of hydrogen-bond donors (Lipinski definition) is 0. The number of hydrogen-bond acceptors (Lipinski definition) is 5. The van der Waals surface area contributed by atoms with E-state index in [1.165, 1.54) is 32.1 Å². The van der Waals surface area contributed by atoms with Crippen molar-refractivity contribution in [2.75, 3.05) is 13.2 Å². The Morgan fingerprint density at radius 1 is 0.700 bits per heavy atom. The summed E-state index contributed by atoms with van der Waals surface area (Å²) in [5, 5.41) is 0. The van der Waals surface area contributed by atoms with Gasteiger partial charge in [-0.1, -0.05) is 130 Å². The molecule has 2 aliphatic rings. The van der Waals surface area contributed by atoms with Crippen LogP contribution >= 0.6 is 0 Å². The summed E-state index contributed by atoms with van der Waals surface area (Å²) in [6.07, 6.45) is 5.91. The van der Waals surface area contributed by atoms with Crippen molar-refractivity contribution in [3.8, 4) is 0 Å². The Labute approximate surface area is 239 Å². The minimum Gasteiger partial charge on any atom is -0.372 e. The summed E-state index contributed by atoms with van der Waals surface area (Å²) in [4.78, 5) is 0. The van der Waals surface area contributed by atoms with Crippen molar-refractivity contribution in [3.63, 3.8) is 0 Å². The first-order chi connectivity index (χ1) is 19.5. The molecule has 2 heterocycles. The van der Waals surface area contributed by atoms with Crippen LogP contribution in [-0.2, 0) is 29.3 Å². The SMILES string of the molecule is CCCCCCCCO[C@@H]1[C@H]2OC(C)(C)O[C@H]2O[C@@H]1COC(c1ccccc1)(c1ccccc1)c1ccccc1. The third-order valence-corrected chi connectivity index (χ3v) is 7.90. The van der Waals surface area contributed by atoms with Crippen LogP contribution in [0.3, 0.4) is 0 Å². The maximum atomic E-state index is 7.08. The highest BCUT2D eigenvalue weighted by atomic mass is 16.8. The number of fused-ring (bicyclic) bond motifs is 1. The largest absolute Gasteiger partial charge is 0.372 e. The molecule has 0 amide bonds. The maximum Gasteiger partial charge on any atom is 0.190 e. The summed E-state index contributed by atoms with van der Waals surface area (Å²) < 4.78 is 32.4. The van der Waals surface area contributed by atoms with Crippen LogP contribution in [0, 0.1) is 0 Å². The van der Waals surface area contributed by atoms with E-state index in [-0.39, 0.29) is 18.3 Å². The molecule has 0 N–H and O–H groups in total. The third-order valence-electron chi connectivity index (χ3n) is 7.90. The average Bonchev–Trinajstić information content (AvgIpc) is 3.45. The van der Waals surface area contributed by atoms with E-state index < -0.39 is 17.7 Å². The van der Waals surface area contributed by atoms with Gasteiger partial charge in [-0.25, -0.2) is 0 Å². The second-order valence-electron chi connectivity index (χ2n) is 11.3. The van der Waals surface area contributed by atoms with Crippen LogP contribution in [0.2, 0.25) is 0 Å². The highest BCUT2D eigenvalue weighted by molar-refractivity contribution is 5.47. The van der Waals surface area contributed by atoms with Crippen molar-refractivity contribution in [1.29, 1.82) is 0 Å². The predicted molar refractivity (Wildman–Crippen MR) is 157 cm³/mol. The minimum atomic E-state index is -0.824. The summed E-state index contributed by atoms with van der Waals surface area (Å²) in [6, 6.07) is 31.3. The predicted octanol–water partition coefficient (Wildman–Crippen LogP) is 7.62. The van der Waals surface area contributed by atoms with E-state index in [2.05, 4.69) is 79.7 Å². The van der Waals surface area contributed by atoms with Crippen LogP contribution in [0.4, 0.5) is 0 Å². The van der Waals surface area contributed by atoms with Gasteiger partial charge in [0.25, 0.3) is 0 Å². The molecule has 4 atom stereocenters. The van der Waals surface area contributed by atoms with E-state index >= 15 is 0 Å². The number of unbranched alkanes of at least 4 members (excludes halogenated alkanes) is 5. The Balaban J connectivity index is 1.39. The van der Waals surface area contributed by atoms with Crippen LogP contribution in [0.5, 0.6) is 0 Å². The van der Waals surface area contributed by atoms with Crippen LogP contribution in [0.15, 0.2) is 91.0 Å². The van der Waals surface area contributed by atoms with Gasteiger partial charge in [-0.05, 0) is 37.0 Å². The van der Waals surface area contributed by atoms with Crippen molar-refractivity contribution >= 4 is 0 Å². The monoisotopic (exact) mass is 544 g/mol. The first kappa shape index (κ1) is 29.0. The highest BCUT2D eigenvalue weighted by Gasteiger charge is 2.56. The van der Waals surface area contributed by atoms with Crippen molar-refractivity contribution < 1.29 is 23.7 Å². The molecule has 3 aromatic carbocycles. The van der Waals surface area contributed by atoms with Gasteiger partial charge in [-0.2, -0.15) is 0 Å². The lowest BCUT2D eigenvalue weighted by Gasteiger charge is -2.37. The lowest BCUT2D eigenvalue weighted by molar-refractivity contribution is -0.226. The van der Waals surface area contributed by atoms with Crippen LogP contribution in [-0.4, -0.2) is 43.6 Å². The standard InChI is InChI=1S/C35H44O5/c1-4-5-6-7-8-18-25-36-31-30(38-33-32(31)39-34(2,3)40-33)26-37-35(27-19-12-9-13-20-27,28-21-14-10-15-22-28)29-23-16-11-17-24-29/h9-17,19-24,30-33H,4-8,18,25-26H2,1-3H3/t30-,31+,32-,33-/m1/s1. The van der Waals surface area contributed by atoms with Crippen LogP contribution in [0.25, 0.3) is 0 Å². The Bertz CT molecular complexity index is 1050. The molecule has 0 spiro atoms. The van der Waals surface area contributed by atoms with Gasteiger partial charge >= 0.3 is 0 Å². The maximum absolute atomic E-state index is 7.08. The molecule has 5 nitrogen and oxygen atoms in total. The van der Waals surface area contributed by atoms with E-state index in [4.69, 9.17) is 23.7 Å². The fraction of sp³-hybridized carbons (Fsp3) is 0.486. The lowest BCUT2D eigenvalue weighted by Crippen LogP contribution is -2.42. The summed E-state index contributed by atoms with van der Waals surface area (Å²) in [5.74, 6) is -0.704. The molecule has 0 radical (unpaired) electrons. The number of rotatable bonds is 14. The first-order valence-corrected chi connectivity index (χ1v) is 15.0. The van der Waals surface area contributed by atoms with Gasteiger partial charge < -0.3 is 23.7 Å². The Morgan fingerprint density at radius 3 is 1.77 bits per heavy atom. The molecule has 2 aliphatic heterocycles. The molecule has 0 bridgehead atoms. The van der Waals surface area contributed by atoms with Gasteiger partial charge in [0.2, 0.25) is 0 Å².